The molecule has 1 aromatic heterocycles. The third-order valence-corrected chi connectivity index (χ3v) is 5.46. The molecule has 4 nitrogen and oxygen atoms in total. The number of nitrogens with zero attached hydrogens (tertiary/aromatic N) is 1. The maximum atomic E-state index is 13.1. The van der Waals surface area contributed by atoms with Crippen LogP contribution in [0.2, 0.25) is 0 Å². The topological polar surface area (TPSA) is 54.0 Å². The van der Waals surface area contributed by atoms with Crippen molar-refractivity contribution in [2.75, 3.05) is 13.1 Å². The summed E-state index contributed by atoms with van der Waals surface area (Å²) in [5.74, 6) is 0.436. The number of fused-ring (bicyclic) bond motifs is 1. The van der Waals surface area contributed by atoms with Crippen molar-refractivity contribution in [3.8, 4) is 0 Å². The van der Waals surface area contributed by atoms with Crippen molar-refractivity contribution >= 4 is 5.91 Å². The SMILES string of the molecule is CC(C)(CCc1ncccc1C(F)(F)F)NC(=O)[C@]12CCNC[C@H]1C2. The number of hydrogen-bond donors (Lipinski definition) is 2. The van der Waals surface area contributed by atoms with Crippen molar-refractivity contribution < 1.29 is 18.0 Å². The second-order valence-electron chi connectivity index (χ2n) is 7.84. The number of hydrogen-bond acceptors (Lipinski definition) is 3. The molecule has 0 spiro atoms. The Kier molecular flexibility index (Phi) is 4.56. The van der Waals surface area contributed by atoms with E-state index in [9.17, 15) is 18.0 Å². The minimum atomic E-state index is -4.41. The van der Waals surface area contributed by atoms with Crippen molar-refractivity contribution in [3.63, 3.8) is 0 Å². The van der Waals surface area contributed by atoms with E-state index >= 15 is 0 Å². The van der Waals surface area contributed by atoms with E-state index in [0.717, 1.165) is 32.0 Å². The summed E-state index contributed by atoms with van der Waals surface area (Å²) in [5.41, 5.74) is -1.51. The van der Waals surface area contributed by atoms with Crippen molar-refractivity contribution in [1.82, 2.24) is 15.6 Å². The van der Waals surface area contributed by atoms with E-state index in [1.54, 1.807) is 0 Å². The number of carbonyl (C=O) groups is 1. The number of rotatable bonds is 5. The van der Waals surface area contributed by atoms with Crippen LogP contribution in [0.5, 0.6) is 0 Å². The van der Waals surface area contributed by atoms with Crippen LogP contribution in [0.1, 0.15) is 44.4 Å². The van der Waals surface area contributed by atoms with Gasteiger partial charge in [-0.25, -0.2) is 0 Å². The van der Waals surface area contributed by atoms with Crippen LogP contribution in [0.4, 0.5) is 13.2 Å². The van der Waals surface area contributed by atoms with Gasteiger partial charge in [0.2, 0.25) is 5.91 Å². The molecule has 2 atom stereocenters. The fourth-order valence-corrected chi connectivity index (χ4v) is 3.75. The summed E-state index contributed by atoms with van der Waals surface area (Å²) in [7, 11) is 0. The fourth-order valence-electron chi connectivity index (χ4n) is 3.75. The lowest BCUT2D eigenvalue weighted by atomic mass is 9.91. The molecule has 0 bridgehead atoms. The molecule has 2 heterocycles. The number of carbonyl (C=O) groups excluding carboxylic acids is 1. The number of piperidine rings is 1. The first kappa shape index (κ1) is 18.2. The second-order valence-corrected chi connectivity index (χ2v) is 7.84. The molecule has 2 fully saturated rings. The summed E-state index contributed by atoms with van der Waals surface area (Å²) < 4.78 is 39.2. The number of alkyl halides is 3. The van der Waals surface area contributed by atoms with E-state index < -0.39 is 17.3 Å². The second kappa shape index (κ2) is 6.27. The minimum absolute atomic E-state index is 0.0293. The summed E-state index contributed by atoms with van der Waals surface area (Å²) in [6.07, 6.45) is -0.734. The molecule has 2 N–H and O–H groups in total. The summed E-state index contributed by atoms with van der Waals surface area (Å²) in [6.45, 7) is 5.43. The maximum absolute atomic E-state index is 13.1. The first-order valence-electron chi connectivity index (χ1n) is 8.68. The standard InChI is InChI=1S/C18H24F3N3O/c1-16(2,24-15(25)17-7-9-22-11-12(17)10-17)6-5-14-13(18(19,20)21)4-3-8-23-14/h3-4,8,12,22H,5-7,9-11H2,1-2H3,(H,24,25)/t12-,17+/m1/s1. The van der Waals surface area contributed by atoms with E-state index in [4.69, 9.17) is 0 Å². The van der Waals surface area contributed by atoms with E-state index in [0.29, 0.717) is 12.3 Å². The Morgan fingerprint density at radius 3 is 2.88 bits per heavy atom. The quantitative estimate of drug-likeness (QED) is 0.854. The van der Waals surface area contributed by atoms with Gasteiger partial charge in [-0.1, -0.05) is 0 Å². The Labute approximate surface area is 145 Å². The van der Waals surface area contributed by atoms with E-state index in [1.165, 1.54) is 12.3 Å². The molecule has 0 radical (unpaired) electrons. The average molecular weight is 355 g/mol. The van der Waals surface area contributed by atoms with Gasteiger partial charge in [-0.3, -0.25) is 9.78 Å². The molecule has 1 saturated carbocycles. The lowest BCUT2D eigenvalue weighted by molar-refractivity contribution is -0.138. The normalized spacial score (nSPS) is 26.0. The molecule has 1 aromatic rings. The summed E-state index contributed by atoms with van der Waals surface area (Å²) in [4.78, 5) is 16.6. The molecule has 2 aliphatic rings. The number of aryl methyl sites for hydroxylation is 1. The van der Waals surface area contributed by atoms with E-state index in [2.05, 4.69) is 15.6 Å². The van der Waals surface area contributed by atoms with Gasteiger partial charge < -0.3 is 10.6 Å². The number of nitrogens with one attached hydrogen (secondary N) is 2. The summed E-state index contributed by atoms with van der Waals surface area (Å²) in [5, 5.41) is 6.35. The van der Waals surface area contributed by atoms with Crippen LogP contribution in [0.3, 0.4) is 0 Å². The predicted octanol–water partition coefficient (Wildman–Crippen LogP) is 2.93. The van der Waals surface area contributed by atoms with Gasteiger partial charge in [0.25, 0.3) is 0 Å². The molecular formula is C18H24F3N3O. The Hall–Kier alpha value is -1.63. The molecule has 3 rings (SSSR count). The minimum Gasteiger partial charge on any atom is -0.351 e. The van der Waals surface area contributed by atoms with Gasteiger partial charge in [-0.05, 0) is 70.7 Å². The van der Waals surface area contributed by atoms with Crippen LogP contribution >= 0.6 is 0 Å². The molecule has 0 aromatic carbocycles. The van der Waals surface area contributed by atoms with Crippen LogP contribution in [0.15, 0.2) is 18.3 Å². The fraction of sp³-hybridized carbons (Fsp3) is 0.667. The maximum Gasteiger partial charge on any atom is 0.418 e. The monoisotopic (exact) mass is 355 g/mol. The van der Waals surface area contributed by atoms with Gasteiger partial charge in [0.05, 0.1) is 16.7 Å². The summed E-state index contributed by atoms with van der Waals surface area (Å²) >= 11 is 0. The first-order chi connectivity index (χ1) is 11.6. The van der Waals surface area contributed by atoms with Gasteiger partial charge in [0.15, 0.2) is 0 Å². The lowest BCUT2D eigenvalue weighted by Gasteiger charge is -2.31. The van der Waals surface area contributed by atoms with Gasteiger partial charge in [-0.15, -0.1) is 0 Å². The Balaban J connectivity index is 1.62. The zero-order chi connectivity index (χ0) is 18.3. The Morgan fingerprint density at radius 1 is 1.44 bits per heavy atom. The van der Waals surface area contributed by atoms with Crippen molar-refractivity contribution in [2.24, 2.45) is 11.3 Å². The molecule has 25 heavy (non-hydrogen) atoms. The lowest BCUT2D eigenvalue weighted by Crippen LogP contribution is -2.49. The van der Waals surface area contributed by atoms with Crippen LogP contribution in [-0.2, 0) is 17.4 Å². The molecule has 1 amide bonds. The highest BCUT2D eigenvalue weighted by Gasteiger charge is 2.60. The number of halogens is 3. The highest BCUT2D eigenvalue weighted by atomic mass is 19.4. The smallest absolute Gasteiger partial charge is 0.351 e. The Bertz CT molecular complexity index is 659. The zero-order valence-electron chi connectivity index (χ0n) is 14.5. The van der Waals surface area contributed by atoms with E-state index in [1.807, 2.05) is 13.8 Å². The van der Waals surface area contributed by atoms with Crippen LogP contribution in [0.25, 0.3) is 0 Å². The molecule has 138 valence electrons. The predicted molar refractivity (Wildman–Crippen MR) is 87.8 cm³/mol. The number of pyridine rings is 1. The third kappa shape index (κ3) is 3.81. The largest absolute Gasteiger partial charge is 0.418 e. The Morgan fingerprint density at radius 2 is 2.20 bits per heavy atom. The number of amides is 1. The molecular weight excluding hydrogens is 331 g/mol. The highest BCUT2D eigenvalue weighted by Crippen LogP contribution is 2.56. The average Bonchev–Trinajstić information content (AvgIpc) is 3.28. The van der Waals surface area contributed by atoms with Crippen molar-refractivity contribution in [1.29, 1.82) is 0 Å². The molecule has 1 aliphatic heterocycles. The number of aromatic nitrogens is 1. The van der Waals surface area contributed by atoms with Gasteiger partial charge in [0, 0.05) is 11.7 Å². The van der Waals surface area contributed by atoms with Crippen LogP contribution in [0, 0.1) is 11.3 Å². The van der Waals surface area contributed by atoms with Crippen molar-refractivity contribution in [2.45, 2.75) is 51.2 Å². The third-order valence-electron chi connectivity index (χ3n) is 5.46. The molecule has 1 aliphatic carbocycles. The first-order valence-corrected chi connectivity index (χ1v) is 8.68. The molecule has 7 heteroatoms. The summed E-state index contributed by atoms with van der Waals surface area (Å²) in [6, 6.07) is 2.35. The molecule has 0 unspecified atom stereocenters. The molecule has 1 saturated heterocycles. The highest BCUT2D eigenvalue weighted by molar-refractivity contribution is 5.86. The van der Waals surface area contributed by atoms with Crippen molar-refractivity contribution in [3.05, 3.63) is 29.6 Å². The zero-order valence-corrected chi connectivity index (χ0v) is 14.5. The van der Waals surface area contributed by atoms with Gasteiger partial charge >= 0.3 is 6.18 Å². The van der Waals surface area contributed by atoms with Gasteiger partial charge in [-0.2, -0.15) is 13.2 Å². The van der Waals surface area contributed by atoms with Gasteiger partial charge in [0.1, 0.15) is 0 Å². The van der Waals surface area contributed by atoms with E-state index in [-0.39, 0.29) is 23.4 Å². The van der Waals surface area contributed by atoms with Crippen LogP contribution < -0.4 is 10.6 Å². The van der Waals surface area contributed by atoms with Crippen LogP contribution in [-0.4, -0.2) is 29.5 Å².